The monoisotopic (exact) mass is 421 g/mol. The average Bonchev–Trinajstić information content (AvgIpc) is 3.31. The van der Waals surface area contributed by atoms with Gasteiger partial charge in [-0.3, -0.25) is 14.4 Å². The second-order valence-electron chi connectivity index (χ2n) is 7.30. The molecule has 4 rings (SSSR count). The van der Waals surface area contributed by atoms with Gasteiger partial charge in [-0.1, -0.05) is 19.4 Å². The summed E-state index contributed by atoms with van der Waals surface area (Å²) in [5.74, 6) is -0.389. The van der Waals surface area contributed by atoms with Gasteiger partial charge in [-0.05, 0) is 54.3 Å². The number of aromatic amines is 1. The van der Waals surface area contributed by atoms with Crippen molar-refractivity contribution in [2.45, 2.75) is 42.8 Å². The third kappa shape index (κ3) is 4.26. The number of rotatable bonds is 7. The Morgan fingerprint density at radius 2 is 1.97 bits per heavy atom. The van der Waals surface area contributed by atoms with Crippen molar-refractivity contribution in [3.8, 4) is 0 Å². The Hall–Kier alpha value is -3.06. The molecule has 1 aromatic heterocycles. The predicted molar refractivity (Wildman–Crippen MR) is 120 cm³/mol. The molecule has 0 radical (unpaired) electrons. The summed E-state index contributed by atoms with van der Waals surface area (Å²) in [5, 5.41) is 3.45. The van der Waals surface area contributed by atoms with E-state index in [1.54, 1.807) is 6.07 Å². The first kappa shape index (κ1) is 20.2. The summed E-state index contributed by atoms with van der Waals surface area (Å²) in [6.07, 6.45) is 4.35. The molecule has 1 atom stereocenters. The van der Waals surface area contributed by atoms with Gasteiger partial charge in [0.2, 0.25) is 17.7 Å². The Morgan fingerprint density at radius 1 is 1.17 bits per heavy atom. The van der Waals surface area contributed by atoms with Crippen LogP contribution in [0.3, 0.4) is 0 Å². The molecule has 0 aliphatic carbocycles. The van der Waals surface area contributed by atoms with Gasteiger partial charge in [0, 0.05) is 35.1 Å². The summed E-state index contributed by atoms with van der Waals surface area (Å²) >= 11 is 1.38. The van der Waals surface area contributed by atoms with Gasteiger partial charge in [-0.25, -0.2) is 4.90 Å². The van der Waals surface area contributed by atoms with E-state index in [4.69, 9.17) is 0 Å². The van der Waals surface area contributed by atoms with Crippen molar-refractivity contribution < 1.29 is 14.4 Å². The normalized spacial score (nSPS) is 16.4. The fourth-order valence-corrected chi connectivity index (χ4v) is 4.54. The van der Waals surface area contributed by atoms with Crippen LogP contribution in [0, 0.1) is 0 Å². The Bertz CT molecular complexity index is 1090. The number of anilines is 2. The van der Waals surface area contributed by atoms with Crippen molar-refractivity contribution in [3.05, 3.63) is 54.7 Å². The molecule has 0 spiro atoms. The minimum atomic E-state index is -0.457. The third-order valence-corrected chi connectivity index (χ3v) is 6.27. The highest BCUT2D eigenvalue weighted by molar-refractivity contribution is 8.00. The minimum absolute atomic E-state index is 0.00324. The van der Waals surface area contributed by atoms with E-state index in [1.165, 1.54) is 16.7 Å². The highest BCUT2D eigenvalue weighted by Gasteiger charge is 2.40. The largest absolute Gasteiger partial charge is 0.361 e. The Morgan fingerprint density at radius 3 is 2.73 bits per heavy atom. The summed E-state index contributed by atoms with van der Waals surface area (Å²) in [6, 6.07) is 14.9. The number of amides is 3. The second kappa shape index (κ2) is 8.75. The van der Waals surface area contributed by atoms with Crippen molar-refractivity contribution in [1.82, 2.24) is 4.98 Å². The first-order chi connectivity index (χ1) is 14.5. The molecule has 1 saturated heterocycles. The number of aromatic nitrogens is 1. The van der Waals surface area contributed by atoms with Gasteiger partial charge < -0.3 is 10.3 Å². The molecule has 2 N–H and O–H groups in total. The summed E-state index contributed by atoms with van der Waals surface area (Å²) in [4.78, 5) is 42.6. The van der Waals surface area contributed by atoms with Crippen LogP contribution in [0.25, 0.3) is 10.9 Å². The van der Waals surface area contributed by atoms with Crippen molar-refractivity contribution in [3.63, 3.8) is 0 Å². The zero-order chi connectivity index (χ0) is 21.1. The summed E-state index contributed by atoms with van der Waals surface area (Å²) in [7, 11) is 0. The summed E-state index contributed by atoms with van der Waals surface area (Å²) < 4.78 is 0. The third-order valence-electron chi connectivity index (χ3n) is 5.08. The first-order valence-corrected chi connectivity index (χ1v) is 10.9. The van der Waals surface area contributed by atoms with Crippen LogP contribution in [0.2, 0.25) is 0 Å². The van der Waals surface area contributed by atoms with Gasteiger partial charge >= 0.3 is 0 Å². The van der Waals surface area contributed by atoms with Gasteiger partial charge in [0.1, 0.15) is 0 Å². The average molecular weight is 422 g/mol. The van der Waals surface area contributed by atoms with Crippen LogP contribution in [0.5, 0.6) is 0 Å². The molecular weight excluding hydrogens is 398 g/mol. The quantitative estimate of drug-likeness (QED) is 0.541. The van der Waals surface area contributed by atoms with Gasteiger partial charge in [0.15, 0.2) is 0 Å². The zero-order valence-corrected chi connectivity index (χ0v) is 17.5. The topological polar surface area (TPSA) is 82.3 Å². The number of nitrogens with one attached hydrogen (secondary N) is 2. The number of hydrogen-bond donors (Lipinski definition) is 2. The number of hydrogen-bond acceptors (Lipinski definition) is 4. The van der Waals surface area contributed by atoms with Gasteiger partial charge in [-0.15, -0.1) is 11.8 Å². The van der Waals surface area contributed by atoms with Crippen LogP contribution in [0.1, 0.15) is 32.6 Å². The Labute approximate surface area is 179 Å². The lowest BCUT2D eigenvalue weighted by Crippen LogP contribution is -2.31. The molecule has 154 valence electrons. The second-order valence-corrected chi connectivity index (χ2v) is 8.58. The SMILES string of the molecule is CCCCC(=O)Nc1ccc(SC2CC(=O)N(c3ccc4cc[nH]c4c3)C2=O)cc1. The lowest BCUT2D eigenvalue weighted by atomic mass is 10.2. The molecule has 6 nitrogen and oxygen atoms in total. The molecule has 3 aromatic rings. The summed E-state index contributed by atoms with van der Waals surface area (Å²) in [5.41, 5.74) is 2.21. The molecule has 1 fully saturated rings. The number of nitrogens with zero attached hydrogens (tertiary/aromatic N) is 1. The van der Waals surface area contributed by atoms with E-state index < -0.39 is 5.25 Å². The Balaban J connectivity index is 1.42. The molecule has 2 heterocycles. The molecule has 0 saturated carbocycles. The molecule has 1 aliphatic heterocycles. The highest BCUT2D eigenvalue weighted by Crippen LogP contribution is 2.35. The van der Waals surface area contributed by atoms with E-state index in [0.29, 0.717) is 12.1 Å². The Kier molecular flexibility index (Phi) is 5.90. The van der Waals surface area contributed by atoms with Crippen molar-refractivity contribution in [1.29, 1.82) is 0 Å². The highest BCUT2D eigenvalue weighted by atomic mass is 32.2. The van der Waals surface area contributed by atoms with E-state index in [2.05, 4.69) is 10.3 Å². The fraction of sp³-hybridized carbons (Fsp3) is 0.261. The number of carbonyl (C=O) groups is 3. The summed E-state index contributed by atoms with van der Waals surface area (Å²) in [6.45, 7) is 2.05. The molecular formula is C23H23N3O3S. The van der Waals surface area contributed by atoms with Crippen LogP contribution in [0.15, 0.2) is 59.6 Å². The van der Waals surface area contributed by atoms with Crippen molar-refractivity contribution in [2.75, 3.05) is 10.2 Å². The number of fused-ring (bicyclic) bond motifs is 1. The smallest absolute Gasteiger partial charge is 0.247 e. The lowest BCUT2D eigenvalue weighted by Gasteiger charge is -2.15. The number of unbranched alkanes of at least 4 members (excludes halogenated alkanes) is 1. The number of imide groups is 1. The number of carbonyl (C=O) groups excluding carboxylic acids is 3. The van der Waals surface area contributed by atoms with Crippen LogP contribution >= 0.6 is 11.8 Å². The molecule has 1 aliphatic rings. The van der Waals surface area contributed by atoms with Gasteiger partial charge in [-0.2, -0.15) is 0 Å². The number of H-pyrrole nitrogens is 1. The molecule has 1 unspecified atom stereocenters. The molecule has 30 heavy (non-hydrogen) atoms. The van der Waals surface area contributed by atoms with E-state index >= 15 is 0 Å². The van der Waals surface area contributed by atoms with Crippen LogP contribution in [-0.4, -0.2) is 28.0 Å². The van der Waals surface area contributed by atoms with Gasteiger partial charge in [0.25, 0.3) is 0 Å². The first-order valence-electron chi connectivity index (χ1n) is 10.1. The maximum atomic E-state index is 12.9. The van der Waals surface area contributed by atoms with Crippen LogP contribution in [0.4, 0.5) is 11.4 Å². The van der Waals surface area contributed by atoms with Crippen molar-refractivity contribution in [2.24, 2.45) is 0 Å². The van der Waals surface area contributed by atoms with E-state index in [-0.39, 0.29) is 24.1 Å². The van der Waals surface area contributed by atoms with Crippen LogP contribution < -0.4 is 10.2 Å². The molecule has 0 bridgehead atoms. The van der Waals surface area contributed by atoms with E-state index in [1.807, 2.05) is 55.6 Å². The molecule has 3 amide bonds. The fourth-order valence-electron chi connectivity index (χ4n) is 3.48. The standard InChI is InChI=1S/C23H23N3O3S/c1-2-3-4-21(27)25-16-6-9-18(10-7-16)30-20-14-22(28)26(23(20)29)17-8-5-15-11-12-24-19(15)13-17/h5-13,20,24H,2-4,14H2,1H3,(H,25,27). The molecule has 2 aromatic carbocycles. The number of thioether (sulfide) groups is 1. The van der Waals surface area contributed by atoms with Gasteiger partial charge in [0.05, 0.1) is 10.9 Å². The zero-order valence-electron chi connectivity index (χ0n) is 16.7. The van der Waals surface area contributed by atoms with Crippen LogP contribution in [-0.2, 0) is 14.4 Å². The van der Waals surface area contributed by atoms with E-state index in [9.17, 15) is 14.4 Å². The lowest BCUT2D eigenvalue weighted by molar-refractivity contribution is -0.121. The molecule has 7 heteroatoms. The maximum absolute atomic E-state index is 12.9. The maximum Gasteiger partial charge on any atom is 0.247 e. The predicted octanol–water partition coefficient (Wildman–Crippen LogP) is 4.72. The van der Waals surface area contributed by atoms with E-state index in [0.717, 1.165) is 34.3 Å². The van der Waals surface area contributed by atoms with Crippen molar-refractivity contribution >= 4 is 51.8 Å². The number of benzene rings is 2. The minimum Gasteiger partial charge on any atom is -0.361 e.